The van der Waals surface area contributed by atoms with Crippen LogP contribution in [0.15, 0.2) is 59.6 Å². The number of hydrogen-bond acceptors (Lipinski definition) is 3. The van der Waals surface area contributed by atoms with E-state index in [1.807, 2.05) is 18.2 Å². The largest absolute Gasteiger partial charge is 0.310 e. The van der Waals surface area contributed by atoms with Crippen molar-refractivity contribution in [3.8, 4) is 0 Å². The maximum atomic E-state index is 13.6. The first-order chi connectivity index (χ1) is 12.5. The molecule has 2 aromatic carbocycles. The molecule has 0 aliphatic carbocycles. The van der Waals surface area contributed by atoms with Crippen molar-refractivity contribution in [3.05, 3.63) is 76.9 Å². The fourth-order valence-electron chi connectivity index (χ4n) is 2.27. The quantitative estimate of drug-likeness (QED) is 0.623. The number of nitrogens with zero attached hydrogens (tertiary/aromatic N) is 2. The highest BCUT2D eigenvalue weighted by molar-refractivity contribution is 8.00. The summed E-state index contributed by atoms with van der Waals surface area (Å²) in [5, 5.41) is 7.53. The van der Waals surface area contributed by atoms with Gasteiger partial charge in [-0.15, -0.1) is 11.8 Å². The van der Waals surface area contributed by atoms with Crippen LogP contribution in [0.1, 0.15) is 5.56 Å². The van der Waals surface area contributed by atoms with E-state index < -0.39 is 11.6 Å². The van der Waals surface area contributed by atoms with E-state index >= 15 is 0 Å². The Balaban J connectivity index is 1.62. The van der Waals surface area contributed by atoms with E-state index in [0.29, 0.717) is 17.4 Å². The lowest BCUT2D eigenvalue weighted by molar-refractivity contribution is -0.113. The monoisotopic (exact) mass is 393 g/mol. The normalized spacial score (nSPS) is 10.7. The molecule has 3 aromatic rings. The Kier molecular flexibility index (Phi) is 5.90. The number of anilines is 1. The molecule has 0 atom stereocenters. The molecule has 1 N–H and O–H groups in total. The maximum Gasteiger partial charge on any atom is 0.235 e. The summed E-state index contributed by atoms with van der Waals surface area (Å²) in [6.45, 7) is 0.405. The second-order valence-corrected chi connectivity index (χ2v) is 6.80. The third kappa shape index (κ3) is 4.62. The summed E-state index contributed by atoms with van der Waals surface area (Å²) >= 11 is 7.14. The maximum absolute atomic E-state index is 13.6. The average Bonchev–Trinajstić information content (AvgIpc) is 3.03. The fraction of sp³-hybridized carbons (Fsp3) is 0.111. The number of thioether (sulfide) groups is 1. The van der Waals surface area contributed by atoms with Gasteiger partial charge in [0.05, 0.1) is 18.5 Å². The van der Waals surface area contributed by atoms with E-state index in [0.717, 1.165) is 29.5 Å². The zero-order valence-electron chi connectivity index (χ0n) is 13.5. The first kappa shape index (κ1) is 18.4. The average molecular weight is 394 g/mol. The molecule has 0 bridgehead atoms. The van der Waals surface area contributed by atoms with E-state index in [9.17, 15) is 13.6 Å². The molecule has 4 nitrogen and oxygen atoms in total. The SMILES string of the molecule is O=C(CSc1ccc(F)cc1F)Nc1ccnn1Cc1ccccc1Cl. The molecule has 0 fully saturated rings. The van der Waals surface area contributed by atoms with Gasteiger partial charge < -0.3 is 5.32 Å². The van der Waals surface area contributed by atoms with E-state index in [1.165, 1.54) is 6.07 Å². The molecule has 0 spiro atoms. The van der Waals surface area contributed by atoms with Crippen LogP contribution in [0.4, 0.5) is 14.6 Å². The molecule has 0 saturated carbocycles. The van der Waals surface area contributed by atoms with Crippen molar-refractivity contribution in [1.82, 2.24) is 9.78 Å². The number of halogens is 3. The second-order valence-electron chi connectivity index (χ2n) is 5.38. The van der Waals surface area contributed by atoms with E-state index in [4.69, 9.17) is 11.6 Å². The summed E-state index contributed by atoms with van der Waals surface area (Å²) in [6.07, 6.45) is 1.57. The number of carbonyl (C=O) groups excluding carboxylic acids is 1. The summed E-state index contributed by atoms with van der Waals surface area (Å²) in [5.41, 5.74) is 0.871. The van der Waals surface area contributed by atoms with Crippen LogP contribution in [0.2, 0.25) is 5.02 Å². The zero-order valence-corrected chi connectivity index (χ0v) is 15.0. The molecule has 1 amide bonds. The summed E-state index contributed by atoms with van der Waals surface area (Å²) in [4.78, 5) is 12.4. The number of carbonyl (C=O) groups is 1. The van der Waals surface area contributed by atoms with Gasteiger partial charge in [-0.2, -0.15) is 5.10 Å². The van der Waals surface area contributed by atoms with Gasteiger partial charge in [-0.3, -0.25) is 4.79 Å². The molecule has 8 heteroatoms. The molecule has 0 unspecified atom stereocenters. The summed E-state index contributed by atoms with van der Waals surface area (Å²) < 4.78 is 28.1. The molecule has 0 saturated heterocycles. The Hall–Kier alpha value is -2.38. The Morgan fingerprint density at radius 2 is 2.00 bits per heavy atom. The van der Waals surface area contributed by atoms with Crippen LogP contribution in [-0.4, -0.2) is 21.4 Å². The number of aromatic nitrogens is 2. The van der Waals surface area contributed by atoms with Gasteiger partial charge in [0.1, 0.15) is 17.5 Å². The van der Waals surface area contributed by atoms with Crippen molar-refractivity contribution in [2.45, 2.75) is 11.4 Å². The molecule has 1 aromatic heterocycles. The topological polar surface area (TPSA) is 46.9 Å². The van der Waals surface area contributed by atoms with Crippen molar-refractivity contribution in [2.24, 2.45) is 0 Å². The third-order valence-electron chi connectivity index (χ3n) is 3.51. The lowest BCUT2D eigenvalue weighted by Crippen LogP contribution is -2.18. The number of benzene rings is 2. The van der Waals surface area contributed by atoms with Crippen LogP contribution in [0, 0.1) is 11.6 Å². The van der Waals surface area contributed by atoms with Gasteiger partial charge in [-0.1, -0.05) is 29.8 Å². The summed E-state index contributed by atoms with van der Waals surface area (Å²) in [6, 6.07) is 12.3. The smallest absolute Gasteiger partial charge is 0.235 e. The molecular formula is C18H14ClF2N3OS. The lowest BCUT2D eigenvalue weighted by atomic mass is 10.2. The lowest BCUT2D eigenvalue weighted by Gasteiger charge is -2.10. The van der Waals surface area contributed by atoms with Crippen LogP contribution in [0.3, 0.4) is 0 Å². The van der Waals surface area contributed by atoms with Crippen molar-refractivity contribution < 1.29 is 13.6 Å². The van der Waals surface area contributed by atoms with E-state index in [-0.39, 0.29) is 16.6 Å². The number of rotatable bonds is 6. The molecule has 1 heterocycles. The van der Waals surface area contributed by atoms with Gasteiger partial charge in [0.2, 0.25) is 5.91 Å². The Morgan fingerprint density at radius 3 is 2.77 bits per heavy atom. The number of amides is 1. The van der Waals surface area contributed by atoms with Gasteiger partial charge >= 0.3 is 0 Å². The molecule has 134 valence electrons. The van der Waals surface area contributed by atoms with Crippen LogP contribution in [0.25, 0.3) is 0 Å². The highest BCUT2D eigenvalue weighted by atomic mass is 35.5. The molecule has 0 aliphatic rings. The molecule has 3 rings (SSSR count). The van der Waals surface area contributed by atoms with Crippen LogP contribution < -0.4 is 5.32 Å². The molecular weight excluding hydrogens is 380 g/mol. The predicted octanol–water partition coefficient (Wildman–Crippen LogP) is 4.59. The van der Waals surface area contributed by atoms with Gasteiger partial charge in [0, 0.05) is 22.1 Å². The van der Waals surface area contributed by atoms with E-state index in [2.05, 4.69) is 10.4 Å². The standard InChI is InChI=1S/C18H14ClF2N3OS/c19-14-4-2-1-3-12(14)10-24-17(7-8-22-24)23-18(25)11-26-16-6-5-13(20)9-15(16)21/h1-9H,10-11H2,(H,23,25). The Morgan fingerprint density at radius 1 is 1.19 bits per heavy atom. The fourth-order valence-corrected chi connectivity index (χ4v) is 3.18. The zero-order chi connectivity index (χ0) is 18.5. The second kappa shape index (κ2) is 8.33. The third-order valence-corrected chi connectivity index (χ3v) is 4.93. The van der Waals surface area contributed by atoms with Crippen LogP contribution in [-0.2, 0) is 11.3 Å². The highest BCUT2D eigenvalue weighted by Crippen LogP contribution is 2.23. The number of nitrogens with one attached hydrogen (secondary N) is 1. The van der Waals surface area contributed by atoms with Crippen LogP contribution >= 0.6 is 23.4 Å². The van der Waals surface area contributed by atoms with Gasteiger partial charge in [-0.25, -0.2) is 13.5 Å². The highest BCUT2D eigenvalue weighted by Gasteiger charge is 2.11. The minimum atomic E-state index is -0.688. The van der Waals surface area contributed by atoms with Gasteiger partial charge in [-0.05, 0) is 23.8 Å². The van der Waals surface area contributed by atoms with Crippen molar-refractivity contribution in [2.75, 3.05) is 11.1 Å². The van der Waals surface area contributed by atoms with E-state index in [1.54, 1.807) is 23.0 Å². The molecule has 0 aliphatic heterocycles. The first-order valence-corrected chi connectivity index (χ1v) is 9.02. The Bertz CT molecular complexity index is 932. The minimum Gasteiger partial charge on any atom is -0.310 e. The molecule has 0 radical (unpaired) electrons. The molecule has 26 heavy (non-hydrogen) atoms. The minimum absolute atomic E-state index is 0.0141. The number of hydrogen-bond donors (Lipinski definition) is 1. The predicted molar refractivity (Wildman–Crippen MR) is 98.5 cm³/mol. The van der Waals surface area contributed by atoms with Crippen molar-refractivity contribution in [3.63, 3.8) is 0 Å². The van der Waals surface area contributed by atoms with Gasteiger partial charge in [0.15, 0.2) is 0 Å². The Labute approximate surface area is 158 Å². The van der Waals surface area contributed by atoms with Crippen molar-refractivity contribution in [1.29, 1.82) is 0 Å². The summed E-state index contributed by atoms with van der Waals surface area (Å²) in [7, 11) is 0. The first-order valence-electron chi connectivity index (χ1n) is 7.66. The summed E-state index contributed by atoms with van der Waals surface area (Å²) in [5.74, 6) is -1.17. The van der Waals surface area contributed by atoms with Gasteiger partial charge in [0.25, 0.3) is 0 Å². The van der Waals surface area contributed by atoms with Crippen LogP contribution in [0.5, 0.6) is 0 Å². The van der Waals surface area contributed by atoms with Crippen molar-refractivity contribution >= 4 is 35.1 Å².